The summed E-state index contributed by atoms with van der Waals surface area (Å²) < 4.78 is 6.46. The highest BCUT2D eigenvalue weighted by molar-refractivity contribution is 14.1. The fraction of sp³-hybridized carbons (Fsp3) is 0.364. The summed E-state index contributed by atoms with van der Waals surface area (Å²) in [6.45, 7) is 3.92. The van der Waals surface area contributed by atoms with Crippen LogP contribution in [0.5, 0.6) is 5.75 Å². The second kappa shape index (κ2) is 5.34. The summed E-state index contributed by atoms with van der Waals surface area (Å²) >= 11 is 2.21. The van der Waals surface area contributed by atoms with E-state index in [1.165, 1.54) is 0 Å². The van der Waals surface area contributed by atoms with Crippen molar-refractivity contribution in [1.82, 2.24) is 0 Å². The summed E-state index contributed by atoms with van der Waals surface area (Å²) in [4.78, 5) is 11.3. The van der Waals surface area contributed by atoms with Crippen molar-refractivity contribution in [2.45, 2.75) is 13.8 Å². The van der Waals surface area contributed by atoms with Crippen molar-refractivity contribution in [3.05, 3.63) is 27.8 Å². The first-order valence-corrected chi connectivity index (χ1v) is 5.58. The molecule has 1 aromatic rings. The van der Waals surface area contributed by atoms with Gasteiger partial charge in [-0.2, -0.15) is 0 Å². The Morgan fingerprint density at radius 1 is 1.50 bits per heavy atom. The lowest BCUT2D eigenvalue weighted by atomic mass is 10.1. The van der Waals surface area contributed by atoms with E-state index in [2.05, 4.69) is 22.6 Å². The van der Waals surface area contributed by atoms with Crippen LogP contribution in [0.4, 0.5) is 0 Å². The van der Waals surface area contributed by atoms with E-state index >= 15 is 0 Å². The number of rotatable bonds is 4. The molecule has 14 heavy (non-hydrogen) atoms. The molecule has 76 valence electrons. The molecule has 0 N–H and O–H groups in total. The van der Waals surface area contributed by atoms with E-state index in [1.807, 2.05) is 38.1 Å². The second-order valence-electron chi connectivity index (χ2n) is 3.37. The Labute approximate surface area is 97.8 Å². The first-order valence-electron chi connectivity index (χ1n) is 4.50. The van der Waals surface area contributed by atoms with Crippen molar-refractivity contribution in [2.24, 2.45) is 5.92 Å². The van der Waals surface area contributed by atoms with Gasteiger partial charge in [0.25, 0.3) is 0 Å². The van der Waals surface area contributed by atoms with Crippen molar-refractivity contribution >= 4 is 28.4 Å². The molecule has 3 heteroatoms. The monoisotopic (exact) mass is 304 g/mol. The molecule has 0 spiro atoms. The standard InChI is InChI=1S/C11H13IO2/c1-8(2)11(13)7-14-10-5-3-4-9(12)6-10/h3-6,8H,7H2,1-2H3. The molecule has 0 radical (unpaired) electrons. The SMILES string of the molecule is CC(C)C(=O)COc1cccc(I)c1. The number of halogens is 1. The lowest BCUT2D eigenvalue weighted by molar-refractivity contribution is -0.123. The Morgan fingerprint density at radius 3 is 2.79 bits per heavy atom. The predicted octanol–water partition coefficient (Wildman–Crippen LogP) is 2.90. The van der Waals surface area contributed by atoms with E-state index in [4.69, 9.17) is 4.74 Å². The van der Waals surface area contributed by atoms with Crippen molar-refractivity contribution in [3.63, 3.8) is 0 Å². The molecule has 0 aliphatic carbocycles. The van der Waals surface area contributed by atoms with Crippen LogP contribution in [-0.4, -0.2) is 12.4 Å². The van der Waals surface area contributed by atoms with Crippen LogP contribution < -0.4 is 4.74 Å². The summed E-state index contributed by atoms with van der Waals surface area (Å²) in [5.41, 5.74) is 0. The number of ether oxygens (including phenoxy) is 1. The van der Waals surface area contributed by atoms with Gasteiger partial charge in [-0.1, -0.05) is 19.9 Å². The highest BCUT2D eigenvalue weighted by Gasteiger charge is 2.07. The maximum Gasteiger partial charge on any atom is 0.172 e. The molecule has 0 aliphatic heterocycles. The average molecular weight is 304 g/mol. The minimum absolute atomic E-state index is 0.0396. The van der Waals surface area contributed by atoms with Gasteiger partial charge in [-0.3, -0.25) is 4.79 Å². The molecular weight excluding hydrogens is 291 g/mol. The Bertz CT molecular complexity index is 321. The normalized spacial score (nSPS) is 10.3. The third-order valence-electron chi connectivity index (χ3n) is 1.82. The van der Waals surface area contributed by atoms with Gasteiger partial charge in [0.1, 0.15) is 12.4 Å². The molecule has 0 aliphatic rings. The van der Waals surface area contributed by atoms with Gasteiger partial charge in [0.15, 0.2) is 5.78 Å². The van der Waals surface area contributed by atoms with Gasteiger partial charge in [-0.15, -0.1) is 0 Å². The molecule has 0 bridgehead atoms. The van der Waals surface area contributed by atoms with Crippen LogP contribution in [0.3, 0.4) is 0 Å². The third-order valence-corrected chi connectivity index (χ3v) is 2.49. The summed E-state index contributed by atoms with van der Waals surface area (Å²) in [5, 5.41) is 0. The van der Waals surface area contributed by atoms with Crippen LogP contribution in [0.2, 0.25) is 0 Å². The van der Waals surface area contributed by atoms with E-state index in [9.17, 15) is 4.79 Å². The molecule has 2 nitrogen and oxygen atoms in total. The zero-order valence-electron chi connectivity index (χ0n) is 8.29. The minimum Gasteiger partial charge on any atom is -0.486 e. The fourth-order valence-electron chi connectivity index (χ4n) is 0.878. The van der Waals surface area contributed by atoms with Crippen LogP contribution in [0.1, 0.15) is 13.8 Å². The predicted molar refractivity (Wildman–Crippen MR) is 64.5 cm³/mol. The zero-order valence-corrected chi connectivity index (χ0v) is 10.4. The minimum atomic E-state index is 0.0396. The highest BCUT2D eigenvalue weighted by atomic mass is 127. The maximum absolute atomic E-state index is 11.3. The molecular formula is C11H13IO2. The molecule has 0 fully saturated rings. The Hall–Kier alpha value is -0.580. The number of ketones is 1. The molecule has 0 aromatic heterocycles. The molecule has 0 amide bonds. The Balaban J connectivity index is 2.50. The Kier molecular flexibility index (Phi) is 4.38. The lowest BCUT2D eigenvalue weighted by Gasteiger charge is -2.07. The van der Waals surface area contributed by atoms with E-state index in [0.29, 0.717) is 0 Å². The fourth-order valence-corrected chi connectivity index (χ4v) is 1.39. The van der Waals surface area contributed by atoms with Gasteiger partial charge in [0.05, 0.1) is 0 Å². The summed E-state index contributed by atoms with van der Waals surface area (Å²) in [5.74, 6) is 0.924. The van der Waals surface area contributed by atoms with Crippen molar-refractivity contribution in [2.75, 3.05) is 6.61 Å². The summed E-state index contributed by atoms with van der Waals surface area (Å²) in [7, 11) is 0. The van der Waals surface area contributed by atoms with E-state index in [0.717, 1.165) is 9.32 Å². The van der Waals surface area contributed by atoms with E-state index in [-0.39, 0.29) is 18.3 Å². The molecule has 0 saturated heterocycles. The van der Waals surface area contributed by atoms with Crippen molar-refractivity contribution in [3.8, 4) is 5.75 Å². The molecule has 0 unspecified atom stereocenters. The van der Waals surface area contributed by atoms with Gasteiger partial charge < -0.3 is 4.74 Å². The topological polar surface area (TPSA) is 26.3 Å². The third kappa shape index (κ3) is 3.65. The Morgan fingerprint density at radius 2 is 2.21 bits per heavy atom. The molecule has 1 aromatic carbocycles. The quantitative estimate of drug-likeness (QED) is 0.800. The number of carbonyl (C=O) groups excluding carboxylic acids is 1. The van der Waals surface area contributed by atoms with Crippen LogP contribution in [0.25, 0.3) is 0 Å². The van der Waals surface area contributed by atoms with Gasteiger partial charge in [0.2, 0.25) is 0 Å². The van der Waals surface area contributed by atoms with E-state index < -0.39 is 0 Å². The number of carbonyl (C=O) groups is 1. The van der Waals surface area contributed by atoms with Gasteiger partial charge in [-0.05, 0) is 40.8 Å². The van der Waals surface area contributed by atoms with Crippen LogP contribution >= 0.6 is 22.6 Å². The second-order valence-corrected chi connectivity index (χ2v) is 4.61. The maximum atomic E-state index is 11.3. The van der Waals surface area contributed by atoms with Gasteiger partial charge in [-0.25, -0.2) is 0 Å². The van der Waals surface area contributed by atoms with Crippen molar-refractivity contribution < 1.29 is 9.53 Å². The number of hydrogen-bond acceptors (Lipinski definition) is 2. The lowest BCUT2D eigenvalue weighted by Crippen LogP contribution is -2.16. The first-order chi connectivity index (χ1) is 6.59. The first kappa shape index (κ1) is 11.5. The average Bonchev–Trinajstić information content (AvgIpc) is 2.14. The highest BCUT2D eigenvalue weighted by Crippen LogP contribution is 2.14. The molecule has 0 atom stereocenters. The van der Waals surface area contributed by atoms with Gasteiger partial charge >= 0.3 is 0 Å². The van der Waals surface area contributed by atoms with E-state index in [1.54, 1.807) is 0 Å². The van der Waals surface area contributed by atoms with Crippen LogP contribution in [-0.2, 0) is 4.79 Å². The number of hydrogen-bond donors (Lipinski definition) is 0. The zero-order chi connectivity index (χ0) is 10.6. The van der Waals surface area contributed by atoms with Gasteiger partial charge in [0, 0.05) is 9.49 Å². The smallest absolute Gasteiger partial charge is 0.172 e. The molecule has 0 saturated carbocycles. The number of Topliss-reactive ketones (excluding diaryl/α,β-unsaturated/α-hetero) is 1. The largest absolute Gasteiger partial charge is 0.486 e. The molecule has 0 heterocycles. The number of benzene rings is 1. The summed E-state index contributed by atoms with van der Waals surface area (Å²) in [6.07, 6.45) is 0. The molecule has 1 rings (SSSR count). The van der Waals surface area contributed by atoms with Crippen LogP contribution in [0.15, 0.2) is 24.3 Å². The summed E-state index contributed by atoms with van der Waals surface area (Å²) in [6, 6.07) is 7.67. The van der Waals surface area contributed by atoms with Crippen molar-refractivity contribution in [1.29, 1.82) is 0 Å². The van der Waals surface area contributed by atoms with Crippen LogP contribution in [0, 0.1) is 9.49 Å².